The number of thioether (sulfide) groups is 2. The highest BCUT2D eigenvalue weighted by atomic mass is 32.2. The van der Waals surface area contributed by atoms with Gasteiger partial charge in [0.1, 0.15) is 5.44 Å². The number of hydrogen-bond acceptors (Lipinski definition) is 3. The van der Waals surface area contributed by atoms with Gasteiger partial charge in [0.15, 0.2) is 0 Å². The molecular weight excluding hydrogens is 236 g/mol. The summed E-state index contributed by atoms with van der Waals surface area (Å²) in [6, 6.07) is 10.4. The third kappa shape index (κ3) is 3.06. The van der Waals surface area contributed by atoms with Crippen molar-refractivity contribution in [2.24, 2.45) is 0 Å². The first-order chi connectivity index (χ1) is 7.79. The van der Waals surface area contributed by atoms with Crippen LogP contribution in [0.1, 0.15) is 6.92 Å². The minimum absolute atomic E-state index is 0.154. The van der Waals surface area contributed by atoms with Crippen molar-refractivity contribution in [1.82, 2.24) is 0 Å². The van der Waals surface area contributed by atoms with Gasteiger partial charge >= 0.3 is 0 Å². The number of ether oxygens (including phenoxy) is 1. The van der Waals surface area contributed by atoms with Crippen LogP contribution in [0.25, 0.3) is 0 Å². The van der Waals surface area contributed by atoms with E-state index in [1.54, 1.807) is 11.8 Å². The van der Waals surface area contributed by atoms with Crippen molar-refractivity contribution in [2.45, 2.75) is 28.6 Å². The summed E-state index contributed by atoms with van der Waals surface area (Å²) in [7, 11) is 0. The maximum atomic E-state index is 5.95. The Bertz CT molecular complexity index is 350. The van der Waals surface area contributed by atoms with Crippen molar-refractivity contribution in [2.75, 3.05) is 6.26 Å². The molecule has 0 N–H and O–H groups in total. The van der Waals surface area contributed by atoms with Crippen molar-refractivity contribution in [1.29, 1.82) is 0 Å². The van der Waals surface area contributed by atoms with E-state index in [9.17, 15) is 0 Å². The van der Waals surface area contributed by atoms with E-state index in [-0.39, 0.29) is 5.44 Å². The van der Waals surface area contributed by atoms with Gasteiger partial charge in [-0.2, -0.15) is 11.8 Å². The summed E-state index contributed by atoms with van der Waals surface area (Å²) in [4.78, 5) is 1.26. The molecule has 86 valence electrons. The fourth-order valence-electron chi connectivity index (χ4n) is 1.66. The fraction of sp³-hybridized carbons (Fsp3) is 0.385. The van der Waals surface area contributed by atoms with Gasteiger partial charge in [0, 0.05) is 10.1 Å². The van der Waals surface area contributed by atoms with Gasteiger partial charge in [-0.25, -0.2) is 0 Å². The topological polar surface area (TPSA) is 9.23 Å². The standard InChI is InChI=1S/C13H16OS2/c1-10-12(15-2)8-9-13(14-10)16-11-6-4-3-5-7-11/h3-10,12-13H,1-2H3/t10-,12+,13-/m1/s1. The molecule has 1 aliphatic heterocycles. The van der Waals surface area contributed by atoms with E-state index in [1.807, 2.05) is 17.8 Å². The molecule has 1 nitrogen and oxygen atoms in total. The highest BCUT2D eigenvalue weighted by molar-refractivity contribution is 8.00. The molecule has 0 unspecified atom stereocenters. The van der Waals surface area contributed by atoms with Crippen LogP contribution in [-0.2, 0) is 4.74 Å². The molecule has 0 amide bonds. The van der Waals surface area contributed by atoms with Crippen molar-refractivity contribution in [3.05, 3.63) is 42.5 Å². The lowest BCUT2D eigenvalue weighted by atomic mass is 10.2. The predicted molar refractivity (Wildman–Crippen MR) is 73.1 cm³/mol. The molecule has 0 spiro atoms. The zero-order valence-electron chi connectivity index (χ0n) is 9.50. The van der Waals surface area contributed by atoms with Gasteiger partial charge in [-0.3, -0.25) is 0 Å². The van der Waals surface area contributed by atoms with Crippen LogP contribution >= 0.6 is 23.5 Å². The Kier molecular flexibility index (Phi) is 4.38. The smallest absolute Gasteiger partial charge is 0.126 e. The zero-order chi connectivity index (χ0) is 11.4. The monoisotopic (exact) mass is 252 g/mol. The van der Waals surface area contributed by atoms with E-state index < -0.39 is 0 Å². The zero-order valence-corrected chi connectivity index (χ0v) is 11.1. The second kappa shape index (κ2) is 5.80. The average Bonchev–Trinajstić information content (AvgIpc) is 2.31. The molecule has 0 aromatic heterocycles. The molecule has 1 aromatic rings. The summed E-state index contributed by atoms with van der Waals surface area (Å²) >= 11 is 3.60. The maximum Gasteiger partial charge on any atom is 0.126 e. The van der Waals surface area contributed by atoms with Gasteiger partial charge in [-0.15, -0.1) is 0 Å². The summed E-state index contributed by atoms with van der Waals surface area (Å²) in [6.45, 7) is 2.14. The predicted octanol–water partition coefficient (Wildman–Crippen LogP) is 3.81. The van der Waals surface area contributed by atoms with Crippen LogP contribution in [0.4, 0.5) is 0 Å². The molecule has 3 atom stereocenters. The van der Waals surface area contributed by atoms with Crippen LogP contribution in [0.2, 0.25) is 0 Å². The highest BCUT2D eigenvalue weighted by Gasteiger charge is 2.23. The average molecular weight is 252 g/mol. The van der Waals surface area contributed by atoms with Crippen molar-refractivity contribution >= 4 is 23.5 Å². The summed E-state index contributed by atoms with van der Waals surface area (Å²) in [5.74, 6) is 0. The van der Waals surface area contributed by atoms with Crippen LogP contribution in [0.15, 0.2) is 47.4 Å². The molecule has 1 aromatic carbocycles. The van der Waals surface area contributed by atoms with Gasteiger partial charge in [-0.05, 0) is 31.4 Å². The second-order valence-electron chi connectivity index (χ2n) is 3.73. The van der Waals surface area contributed by atoms with E-state index in [1.165, 1.54) is 4.90 Å². The van der Waals surface area contributed by atoms with Gasteiger partial charge in [0.25, 0.3) is 0 Å². The normalized spacial score (nSPS) is 29.2. The van der Waals surface area contributed by atoms with Crippen LogP contribution in [0.5, 0.6) is 0 Å². The first-order valence-electron chi connectivity index (χ1n) is 5.38. The van der Waals surface area contributed by atoms with Crippen molar-refractivity contribution in [3.8, 4) is 0 Å². The van der Waals surface area contributed by atoms with E-state index >= 15 is 0 Å². The van der Waals surface area contributed by atoms with Crippen molar-refractivity contribution < 1.29 is 4.74 Å². The largest absolute Gasteiger partial charge is 0.359 e. The Morgan fingerprint density at radius 1 is 1.12 bits per heavy atom. The molecule has 0 fully saturated rings. The van der Waals surface area contributed by atoms with E-state index in [0.717, 1.165) is 0 Å². The molecule has 0 radical (unpaired) electrons. The quantitative estimate of drug-likeness (QED) is 0.757. The molecular formula is C13H16OS2. The second-order valence-corrected chi connectivity index (χ2v) is 5.91. The van der Waals surface area contributed by atoms with Gasteiger partial charge in [-0.1, -0.05) is 36.0 Å². The Morgan fingerprint density at radius 3 is 2.50 bits per heavy atom. The van der Waals surface area contributed by atoms with E-state index in [2.05, 4.69) is 49.6 Å². The summed E-state index contributed by atoms with van der Waals surface area (Å²) in [6.07, 6.45) is 6.85. The van der Waals surface area contributed by atoms with E-state index in [0.29, 0.717) is 11.4 Å². The number of benzene rings is 1. The molecule has 0 aliphatic carbocycles. The van der Waals surface area contributed by atoms with Crippen LogP contribution < -0.4 is 0 Å². The maximum absolute atomic E-state index is 5.95. The number of hydrogen-bond donors (Lipinski definition) is 0. The molecule has 16 heavy (non-hydrogen) atoms. The SMILES string of the molecule is CS[C@H]1C=C[C@@H](Sc2ccccc2)O[C@@H]1C. The Balaban J connectivity index is 1.98. The minimum Gasteiger partial charge on any atom is -0.359 e. The molecule has 1 aliphatic rings. The highest BCUT2D eigenvalue weighted by Crippen LogP contribution is 2.31. The first kappa shape index (κ1) is 12.1. The molecule has 0 bridgehead atoms. The lowest BCUT2D eigenvalue weighted by molar-refractivity contribution is 0.0669. The summed E-state index contributed by atoms with van der Waals surface area (Å²) in [5, 5.41) is 0.493. The van der Waals surface area contributed by atoms with Crippen LogP contribution in [0.3, 0.4) is 0 Å². The molecule has 2 rings (SSSR count). The van der Waals surface area contributed by atoms with Crippen molar-refractivity contribution in [3.63, 3.8) is 0 Å². The lowest BCUT2D eigenvalue weighted by Crippen LogP contribution is -2.29. The van der Waals surface area contributed by atoms with Gasteiger partial charge in [0.05, 0.1) is 6.10 Å². The van der Waals surface area contributed by atoms with E-state index in [4.69, 9.17) is 4.74 Å². The summed E-state index contributed by atoms with van der Waals surface area (Å²) < 4.78 is 5.95. The van der Waals surface area contributed by atoms with Crippen LogP contribution in [0, 0.1) is 0 Å². The van der Waals surface area contributed by atoms with Gasteiger partial charge in [0.2, 0.25) is 0 Å². The first-order valence-corrected chi connectivity index (χ1v) is 7.54. The fourth-order valence-corrected chi connectivity index (χ4v) is 3.34. The molecule has 0 saturated heterocycles. The molecule has 3 heteroatoms. The third-order valence-corrected chi connectivity index (χ3v) is 4.67. The Labute approximate surface area is 106 Å². The Morgan fingerprint density at radius 2 is 1.88 bits per heavy atom. The summed E-state index contributed by atoms with van der Waals surface area (Å²) in [5.41, 5.74) is 0.154. The minimum atomic E-state index is 0.154. The van der Waals surface area contributed by atoms with Crippen LogP contribution in [-0.4, -0.2) is 23.0 Å². The molecule has 1 heterocycles. The molecule has 0 saturated carbocycles. The Hall–Kier alpha value is -0.380. The van der Waals surface area contributed by atoms with Gasteiger partial charge < -0.3 is 4.74 Å². The third-order valence-electron chi connectivity index (χ3n) is 2.54. The number of rotatable bonds is 3. The lowest BCUT2D eigenvalue weighted by Gasteiger charge is -2.28.